The summed E-state index contributed by atoms with van der Waals surface area (Å²) in [6, 6.07) is 16.3. The van der Waals surface area contributed by atoms with E-state index in [1.165, 1.54) is 5.56 Å². The van der Waals surface area contributed by atoms with Crippen LogP contribution in [-0.2, 0) is 0 Å². The first kappa shape index (κ1) is 16.2. The molecule has 3 nitrogen and oxygen atoms in total. The average molecular weight is 311 g/mol. The van der Waals surface area contributed by atoms with Crippen molar-refractivity contribution >= 4 is 28.7 Å². The number of rotatable bonds is 4. The van der Waals surface area contributed by atoms with E-state index in [1.807, 2.05) is 30.3 Å². The van der Waals surface area contributed by atoms with Gasteiger partial charge in [-0.05, 0) is 55.2 Å². The van der Waals surface area contributed by atoms with Crippen LogP contribution in [0.1, 0.15) is 30.0 Å². The van der Waals surface area contributed by atoms with E-state index in [4.69, 9.17) is 12.2 Å². The minimum Gasteiger partial charge on any atom is -0.331 e. The van der Waals surface area contributed by atoms with Gasteiger partial charge in [-0.25, -0.2) is 0 Å². The van der Waals surface area contributed by atoms with E-state index in [2.05, 4.69) is 54.8 Å². The Morgan fingerprint density at radius 1 is 1.09 bits per heavy atom. The van der Waals surface area contributed by atoms with Gasteiger partial charge in [-0.1, -0.05) is 49.4 Å². The van der Waals surface area contributed by atoms with E-state index >= 15 is 0 Å². The van der Waals surface area contributed by atoms with Crippen LogP contribution in [0.15, 0.2) is 53.6 Å². The van der Waals surface area contributed by atoms with Crippen molar-refractivity contribution in [3.63, 3.8) is 0 Å². The molecule has 0 unspecified atom stereocenters. The van der Waals surface area contributed by atoms with Gasteiger partial charge in [0.05, 0.1) is 5.71 Å². The van der Waals surface area contributed by atoms with Gasteiger partial charge in [-0.15, -0.1) is 0 Å². The first-order valence-corrected chi connectivity index (χ1v) is 7.77. The molecule has 0 atom stereocenters. The Balaban J connectivity index is 2.05. The fraction of sp³-hybridized carbons (Fsp3) is 0.222. The molecule has 0 saturated heterocycles. The summed E-state index contributed by atoms with van der Waals surface area (Å²) in [5.41, 5.74) is 8.36. The molecular formula is C18H21N3S. The first-order valence-electron chi connectivity index (χ1n) is 7.36. The summed E-state index contributed by atoms with van der Waals surface area (Å²) in [6.07, 6.45) is 0.836. The molecule has 2 N–H and O–H groups in total. The number of nitrogens with zero attached hydrogens (tertiary/aromatic N) is 1. The molecule has 2 aromatic rings. The van der Waals surface area contributed by atoms with Crippen molar-refractivity contribution in [2.45, 2.75) is 27.2 Å². The second kappa shape index (κ2) is 7.71. The summed E-state index contributed by atoms with van der Waals surface area (Å²) in [6.45, 7) is 6.19. The fourth-order valence-corrected chi connectivity index (χ4v) is 2.27. The molecule has 0 bridgehead atoms. The second-order valence-corrected chi connectivity index (χ2v) is 5.57. The summed E-state index contributed by atoms with van der Waals surface area (Å²) >= 11 is 5.33. The second-order valence-electron chi connectivity index (χ2n) is 5.16. The number of aryl methyl sites for hydroxylation is 2. The van der Waals surface area contributed by atoms with Gasteiger partial charge in [-0.3, -0.25) is 5.43 Å². The number of hydrogen-bond donors (Lipinski definition) is 2. The van der Waals surface area contributed by atoms with Crippen LogP contribution in [-0.4, -0.2) is 10.8 Å². The Morgan fingerprint density at radius 3 is 2.50 bits per heavy atom. The number of anilines is 1. The van der Waals surface area contributed by atoms with Crippen LogP contribution in [0.4, 0.5) is 5.69 Å². The average Bonchev–Trinajstić information content (AvgIpc) is 2.52. The standard InChI is InChI=1S/C18H21N3S/c1-4-16(15-8-6-5-7-9-15)20-21-18(22)19-17-12-13(2)10-11-14(17)3/h5-12H,4H2,1-3H3,(H2,19,21,22)/b20-16-. The van der Waals surface area contributed by atoms with Crippen molar-refractivity contribution in [2.75, 3.05) is 5.32 Å². The molecule has 0 aliphatic heterocycles. The van der Waals surface area contributed by atoms with Crippen LogP contribution in [0.2, 0.25) is 0 Å². The number of hydrogen-bond acceptors (Lipinski definition) is 2. The maximum absolute atomic E-state index is 5.33. The van der Waals surface area contributed by atoms with Gasteiger partial charge in [0.1, 0.15) is 0 Å². The highest BCUT2D eigenvalue weighted by molar-refractivity contribution is 7.80. The third-order valence-corrected chi connectivity index (χ3v) is 3.57. The highest BCUT2D eigenvalue weighted by Gasteiger charge is 2.03. The lowest BCUT2D eigenvalue weighted by Gasteiger charge is -2.12. The van der Waals surface area contributed by atoms with E-state index in [-0.39, 0.29) is 0 Å². The Bertz CT molecular complexity index is 678. The van der Waals surface area contributed by atoms with Gasteiger partial charge in [0.25, 0.3) is 0 Å². The molecule has 4 heteroatoms. The van der Waals surface area contributed by atoms with Crippen molar-refractivity contribution in [1.82, 2.24) is 5.43 Å². The van der Waals surface area contributed by atoms with Crippen LogP contribution in [0.25, 0.3) is 0 Å². The zero-order chi connectivity index (χ0) is 15.9. The topological polar surface area (TPSA) is 36.4 Å². The fourth-order valence-electron chi connectivity index (χ4n) is 2.12. The van der Waals surface area contributed by atoms with Gasteiger partial charge >= 0.3 is 0 Å². The van der Waals surface area contributed by atoms with E-state index < -0.39 is 0 Å². The van der Waals surface area contributed by atoms with Gasteiger partial charge < -0.3 is 5.32 Å². The van der Waals surface area contributed by atoms with Crippen molar-refractivity contribution in [3.05, 3.63) is 65.2 Å². The predicted molar refractivity (Wildman–Crippen MR) is 98.5 cm³/mol. The molecular weight excluding hydrogens is 290 g/mol. The summed E-state index contributed by atoms with van der Waals surface area (Å²) < 4.78 is 0. The summed E-state index contributed by atoms with van der Waals surface area (Å²) in [5, 5.41) is 8.11. The highest BCUT2D eigenvalue weighted by atomic mass is 32.1. The molecule has 0 saturated carbocycles. The Labute approximate surface area is 137 Å². The smallest absolute Gasteiger partial charge is 0.191 e. The lowest BCUT2D eigenvalue weighted by atomic mass is 10.1. The summed E-state index contributed by atoms with van der Waals surface area (Å²) in [5.74, 6) is 0. The Hall–Kier alpha value is -2.20. The Kier molecular flexibility index (Phi) is 5.67. The maximum atomic E-state index is 5.33. The van der Waals surface area contributed by atoms with Gasteiger partial charge in [0, 0.05) is 5.69 Å². The summed E-state index contributed by atoms with van der Waals surface area (Å²) in [7, 11) is 0. The molecule has 0 fully saturated rings. The number of hydrazone groups is 1. The maximum Gasteiger partial charge on any atom is 0.191 e. The van der Waals surface area contributed by atoms with Crippen molar-refractivity contribution in [1.29, 1.82) is 0 Å². The van der Waals surface area contributed by atoms with Crippen molar-refractivity contribution < 1.29 is 0 Å². The van der Waals surface area contributed by atoms with Crippen molar-refractivity contribution in [2.24, 2.45) is 5.10 Å². The molecule has 2 aromatic carbocycles. The van der Waals surface area contributed by atoms with Crippen LogP contribution in [0.3, 0.4) is 0 Å². The number of thiocarbonyl (C=S) groups is 1. The van der Waals surface area contributed by atoms with E-state index in [0.29, 0.717) is 5.11 Å². The van der Waals surface area contributed by atoms with Crippen molar-refractivity contribution in [3.8, 4) is 0 Å². The first-order chi connectivity index (χ1) is 10.6. The zero-order valence-corrected chi connectivity index (χ0v) is 14.0. The third-order valence-electron chi connectivity index (χ3n) is 3.38. The quantitative estimate of drug-likeness (QED) is 0.499. The van der Waals surface area contributed by atoms with Crippen LogP contribution in [0, 0.1) is 13.8 Å². The normalized spacial score (nSPS) is 11.1. The molecule has 114 valence electrons. The summed E-state index contributed by atoms with van der Waals surface area (Å²) in [4.78, 5) is 0. The predicted octanol–water partition coefficient (Wildman–Crippen LogP) is 4.40. The molecule has 0 aromatic heterocycles. The van der Waals surface area contributed by atoms with Crippen LogP contribution in [0.5, 0.6) is 0 Å². The molecule has 0 aliphatic carbocycles. The molecule has 0 amide bonds. The monoisotopic (exact) mass is 311 g/mol. The van der Waals surface area contributed by atoms with E-state index in [9.17, 15) is 0 Å². The van der Waals surface area contributed by atoms with Crippen LogP contribution < -0.4 is 10.7 Å². The molecule has 0 radical (unpaired) electrons. The minimum absolute atomic E-state index is 0.496. The van der Waals surface area contributed by atoms with Gasteiger partial charge in [0.2, 0.25) is 0 Å². The van der Waals surface area contributed by atoms with Gasteiger partial charge in [0.15, 0.2) is 5.11 Å². The molecule has 0 spiro atoms. The third kappa shape index (κ3) is 4.40. The minimum atomic E-state index is 0.496. The molecule has 22 heavy (non-hydrogen) atoms. The zero-order valence-electron chi connectivity index (χ0n) is 13.2. The van der Waals surface area contributed by atoms with E-state index in [0.717, 1.165) is 28.9 Å². The number of nitrogens with one attached hydrogen (secondary N) is 2. The Morgan fingerprint density at radius 2 is 1.82 bits per heavy atom. The van der Waals surface area contributed by atoms with E-state index in [1.54, 1.807) is 0 Å². The van der Waals surface area contributed by atoms with Gasteiger partial charge in [-0.2, -0.15) is 5.10 Å². The molecule has 0 aliphatic rings. The molecule has 0 heterocycles. The highest BCUT2D eigenvalue weighted by Crippen LogP contribution is 2.16. The lowest BCUT2D eigenvalue weighted by Crippen LogP contribution is -2.25. The largest absolute Gasteiger partial charge is 0.331 e. The van der Waals surface area contributed by atoms with Crippen LogP contribution >= 0.6 is 12.2 Å². The SMILES string of the molecule is CC/C(=N/NC(=S)Nc1cc(C)ccc1C)c1ccccc1. The molecule has 2 rings (SSSR count). The number of benzene rings is 2. The lowest BCUT2D eigenvalue weighted by molar-refractivity contribution is 1.02.